The zero-order chi connectivity index (χ0) is 19.8. The number of hydrogen-bond acceptors (Lipinski definition) is 4. The van der Waals surface area contributed by atoms with Gasteiger partial charge in [-0.1, -0.05) is 30.4 Å². The van der Waals surface area contributed by atoms with Crippen LogP contribution in [0.25, 0.3) is 15.8 Å². The Kier molecular flexibility index (Phi) is 4.62. The molecule has 5 rings (SSSR count). The highest BCUT2D eigenvalue weighted by Gasteiger charge is 2.20. The van der Waals surface area contributed by atoms with Crippen molar-refractivity contribution in [2.75, 3.05) is 13.1 Å². The fraction of sp³-hybridized carbons (Fsp3) is 0.167. The minimum absolute atomic E-state index is 0.0347. The van der Waals surface area contributed by atoms with Crippen molar-refractivity contribution in [3.63, 3.8) is 0 Å². The molecule has 2 aromatic rings. The molecule has 0 aliphatic carbocycles. The van der Waals surface area contributed by atoms with E-state index in [-0.39, 0.29) is 5.91 Å². The molecule has 0 saturated heterocycles. The largest absolute Gasteiger partial charge is 0.313 e. The SMILES string of the molecule is Cc1nc2ccc(C3=C\C(=O)N4C=C(C5=CCNCC5)C=C\C4=C/C=C/3)cc2s1. The maximum Gasteiger partial charge on any atom is 0.255 e. The smallest absolute Gasteiger partial charge is 0.255 e. The number of hydrogen-bond donors (Lipinski definition) is 1. The zero-order valence-electron chi connectivity index (χ0n) is 16.2. The average Bonchev–Trinajstić information content (AvgIpc) is 3.11. The van der Waals surface area contributed by atoms with Gasteiger partial charge in [-0.25, -0.2) is 4.98 Å². The molecule has 29 heavy (non-hydrogen) atoms. The predicted octanol–water partition coefficient (Wildman–Crippen LogP) is 4.64. The Morgan fingerprint density at radius 2 is 2.10 bits per heavy atom. The number of benzene rings is 1. The third-order valence-electron chi connectivity index (χ3n) is 5.30. The van der Waals surface area contributed by atoms with E-state index in [0.717, 1.165) is 57.1 Å². The summed E-state index contributed by atoms with van der Waals surface area (Å²) in [5.41, 5.74) is 6.22. The van der Waals surface area contributed by atoms with Crippen LogP contribution in [-0.4, -0.2) is 28.9 Å². The number of aromatic nitrogens is 1. The van der Waals surface area contributed by atoms with Gasteiger partial charge >= 0.3 is 0 Å². The van der Waals surface area contributed by atoms with Crippen molar-refractivity contribution in [2.24, 2.45) is 0 Å². The van der Waals surface area contributed by atoms with E-state index in [2.05, 4.69) is 28.5 Å². The number of nitrogens with zero attached hydrogens (tertiary/aromatic N) is 2. The summed E-state index contributed by atoms with van der Waals surface area (Å²) < 4.78 is 1.14. The molecule has 1 N–H and O–H groups in total. The second-order valence-corrected chi connectivity index (χ2v) is 8.51. The lowest BCUT2D eigenvalue weighted by Crippen LogP contribution is -2.27. The minimum atomic E-state index is -0.0347. The standard InChI is InChI=1S/C24H21N3OS/c1-16-26-22-8-6-19(13-23(22)29-16)18-3-2-4-21-7-5-20(15-27(21)24(28)14-18)17-9-11-25-12-10-17/h2-9,13-15,25H,10-12H2,1H3/b3-2+,18-14+,21-4+. The van der Waals surface area contributed by atoms with Gasteiger partial charge in [-0.3, -0.25) is 9.69 Å². The fourth-order valence-electron chi connectivity index (χ4n) is 3.81. The molecule has 0 radical (unpaired) electrons. The summed E-state index contributed by atoms with van der Waals surface area (Å²) in [5, 5.41) is 4.38. The van der Waals surface area contributed by atoms with Gasteiger partial charge in [0.05, 0.1) is 15.2 Å². The van der Waals surface area contributed by atoms with Gasteiger partial charge in [-0.15, -0.1) is 11.3 Å². The molecule has 0 atom stereocenters. The van der Waals surface area contributed by atoms with Crippen LogP contribution < -0.4 is 5.32 Å². The Morgan fingerprint density at radius 1 is 1.17 bits per heavy atom. The van der Waals surface area contributed by atoms with Gasteiger partial charge < -0.3 is 5.32 Å². The fourth-order valence-corrected chi connectivity index (χ4v) is 4.68. The highest BCUT2D eigenvalue weighted by atomic mass is 32.1. The number of carbonyl (C=O) groups excluding carboxylic acids is 1. The van der Waals surface area contributed by atoms with Gasteiger partial charge in [0.25, 0.3) is 5.91 Å². The van der Waals surface area contributed by atoms with E-state index in [9.17, 15) is 4.79 Å². The molecule has 0 fully saturated rings. The van der Waals surface area contributed by atoms with Gasteiger partial charge in [0.15, 0.2) is 0 Å². The monoisotopic (exact) mass is 399 g/mol. The van der Waals surface area contributed by atoms with E-state index in [1.807, 2.05) is 49.6 Å². The number of carbonyl (C=O) groups is 1. The van der Waals surface area contributed by atoms with Crippen LogP contribution in [0.2, 0.25) is 0 Å². The van der Waals surface area contributed by atoms with Crippen molar-refractivity contribution in [1.29, 1.82) is 0 Å². The average molecular weight is 400 g/mol. The van der Waals surface area contributed by atoms with Crippen LogP contribution in [-0.2, 0) is 4.79 Å². The first-order valence-electron chi connectivity index (χ1n) is 9.78. The van der Waals surface area contributed by atoms with Crippen molar-refractivity contribution < 1.29 is 4.79 Å². The Morgan fingerprint density at radius 3 is 2.97 bits per heavy atom. The van der Waals surface area contributed by atoms with E-state index in [1.54, 1.807) is 22.3 Å². The topological polar surface area (TPSA) is 45.2 Å². The maximum absolute atomic E-state index is 13.1. The molecule has 0 saturated carbocycles. The maximum atomic E-state index is 13.1. The second-order valence-electron chi connectivity index (χ2n) is 7.28. The zero-order valence-corrected chi connectivity index (χ0v) is 17.0. The molecule has 1 aromatic heterocycles. The van der Waals surface area contributed by atoms with Crippen molar-refractivity contribution in [3.05, 3.63) is 94.3 Å². The Balaban J connectivity index is 1.51. The number of fused-ring (bicyclic) bond motifs is 2. The Hall–Kier alpha value is -3.02. The molecule has 0 unspecified atom stereocenters. The third kappa shape index (κ3) is 3.55. The van der Waals surface area contributed by atoms with Gasteiger partial charge in [0.1, 0.15) is 0 Å². The van der Waals surface area contributed by atoms with Crippen LogP contribution in [0.15, 0.2) is 83.8 Å². The van der Waals surface area contributed by atoms with E-state index >= 15 is 0 Å². The predicted molar refractivity (Wildman–Crippen MR) is 119 cm³/mol. The molecule has 0 spiro atoms. The Bertz CT molecular complexity index is 1190. The minimum Gasteiger partial charge on any atom is -0.313 e. The summed E-state index contributed by atoms with van der Waals surface area (Å²) >= 11 is 1.68. The molecule has 3 aliphatic rings. The van der Waals surface area contributed by atoms with E-state index < -0.39 is 0 Å². The van der Waals surface area contributed by atoms with Crippen molar-refractivity contribution in [3.8, 4) is 0 Å². The quantitative estimate of drug-likeness (QED) is 0.800. The lowest BCUT2D eigenvalue weighted by molar-refractivity contribution is -0.122. The van der Waals surface area contributed by atoms with Crippen molar-refractivity contribution in [1.82, 2.24) is 15.2 Å². The van der Waals surface area contributed by atoms with Gasteiger partial charge in [-0.05, 0) is 66.5 Å². The Labute approximate surface area is 173 Å². The third-order valence-corrected chi connectivity index (χ3v) is 6.24. The number of amides is 1. The number of aryl methyl sites for hydroxylation is 1. The molecular formula is C24H21N3OS. The van der Waals surface area contributed by atoms with E-state index in [1.165, 1.54) is 5.57 Å². The lowest BCUT2D eigenvalue weighted by Gasteiger charge is -2.26. The van der Waals surface area contributed by atoms with Crippen LogP contribution in [0.3, 0.4) is 0 Å². The molecule has 5 heteroatoms. The summed E-state index contributed by atoms with van der Waals surface area (Å²) in [6.45, 7) is 3.87. The highest BCUT2D eigenvalue weighted by molar-refractivity contribution is 7.18. The summed E-state index contributed by atoms with van der Waals surface area (Å²) in [4.78, 5) is 19.4. The van der Waals surface area contributed by atoms with Crippen LogP contribution in [0.1, 0.15) is 17.0 Å². The first-order chi connectivity index (χ1) is 14.2. The summed E-state index contributed by atoms with van der Waals surface area (Å²) in [5.74, 6) is -0.0347. The molecule has 1 amide bonds. The van der Waals surface area contributed by atoms with Gasteiger partial charge in [-0.2, -0.15) is 0 Å². The first-order valence-corrected chi connectivity index (χ1v) is 10.6. The molecular weight excluding hydrogens is 378 g/mol. The highest BCUT2D eigenvalue weighted by Crippen LogP contribution is 2.29. The summed E-state index contributed by atoms with van der Waals surface area (Å²) in [7, 11) is 0. The molecule has 1 aromatic carbocycles. The molecule has 0 bridgehead atoms. The van der Waals surface area contributed by atoms with Crippen LogP contribution >= 0.6 is 11.3 Å². The van der Waals surface area contributed by atoms with Gasteiger partial charge in [0.2, 0.25) is 0 Å². The number of rotatable bonds is 2. The molecule has 3 aliphatic heterocycles. The second kappa shape index (κ2) is 7.43. The molecule has 4 nitrogen and oxygen atoms in total. The number of nitrogens with one attached hydrogen (secondary N) is 1. The lowest BCUT2D eigenvalue weighted by atomic mass is 9.97. The van der Waals surface area contributed by atoms with E-state index in [4.69, 9.17) is 0 Å². The first kappa shape index (κ1) is 18.0. The van der Waals surface area contributed by atoms with Crippen molar-refractivity contribution in [2.45, 2.75) is 13.3 Å². The van der Waals surface area contributed by atoms with Gasteiger partial charge in [0, 0.05) is 24.5 Å². The number of thiazole rings is 1. The summed E-state index contributed by atoms with van der Waals surface area (Å²) in [6.07, 6.45) is 17.0. The van der Waals surface area contributed by atoms with Crippen LogP contribution in [0, 0.1) is 6.92 Å². The van der Waals surface area contributed by atoms with Crippen molar-refractivity contribution >= 4 is 33.0 Å². The van der Waals surface area contributed by atoms with Crippen LogP contribution in [0.4, 0.5) is 0 Å². The van der Waals surface area contributed by atoms with E-state index in [0.29, 0.717) is 0 Å². The van der Waals surface area contributed by atoms with Crippen LogP contribution in [0.5, 0.6) is 0 Å². The normalized spacial score (nSPS) is 23.9. The molecule has 144 valence electrons. The number of allylic oxidation sites excluding steroid dienone is 7. The summed E-state index contributed by atoms with van der Waals surface area (Å²) in [6, 6.07) is 6.18. The molecule has 4 heterocycles.